The molecule has 1 fully saturated rings. The molecule has 0 bridgehead atoms. The zero-order valence-corrected chi connectivity index (χ0v) is 17.4. The number of nitrogens with two attached hydrogens (primary N) is 1. The maximum Gasteiger partial charge on any atom is 0.292 e. The highest BCUT2D eigenvalue weighted by Crippen LogP contribution is 2.28. The van der Waals surface area contributed by atoms with E-state index in [4.69, 9.17) is 15.1 Å². The number of ketones is 1. The first-order chi connectivity index (χ1) is 15.1. The number of carbonyl (C=O) groups is 1. The predicted octanol–water partition coefficient (Wildman–Crippen LogP) is 3.12. The number of oxazole rings is 1. The molecule has 0 aliphatic carbocycles. The molecule has 2 aromatic carbocycles. The standard InChI is InChI=1S/C23H24N6O2/c1-2-17(30)14-28-7-9-29(10-8-28)22-13-25-18-5-3-15(11-19(18)26-22)16-4-6-21-20(12-16)27-23(24)31-21/h3-6,11-13H,2,7-10,14H2,1H3,(H2,24,27). The first-order valence-corrected chi connectivity index (χ1v) is 10.5. The number of piperazine rings is 1. The van der Waals surface area contributed by atoms with E-state index >= 15 is 0 Å². The van der Waals surface area contributed by atoms with Crippen LogP contribution in [0.5, 0.6) is 0 Å². The van der Waals surface area contributed by atoms with Crippen molar-refractivity contribution in [1.29, 1.82) is 0 Å². The van der Waals surface area contributed by atoms with E-state index in [0.29, 0.717) is 18.5 Å². The lowest BCUT2D eigenvalue weighted by Crippen LogP contribution is -2.48. The van der Waals surface area contributed by atoms with E-state index in [1.807, 2.05) is 49.5 Å². The van der Waals surface area contributed by atoms with Crippen LogP contribution in [-0.2, 0) is 4.79 Å². The van der Waals surface area contributed by atoms with E-state index in [9.17, 15) is 4.79 Å². The summed E-state index contributed by atoms with van der Waals surface area (Å²) in [4.78, 5) is 29.9. The van der Waals surface area contributed by atoms with E-state index in [2.05, 4.69) is 19.8 Å². The summed E-state index contributed by atoms with van der Waals surface area (Å²) in [6.07, 6.45) is 2.43. The Bertz CT molecular complexity index is 1260. The Balaban J connectivity index is 1.38. The zero-order chi connectivity index (χ0) is 21.4. The molecule has 4 aromatic rings. The third-order valence-corrected chi connectivity index (χ3v) is 5.76. The van der Waals surface area contributed by atoms with Crippen LogP contribution in [-0.4, -0.2) is 58.4 Å². The van der Waals surface area contributed by atoms with Gasteiger partial charge >= 0.3 is 0 Å². The van der Waals surface area contributed by atoms with Crippen molar-refractivity contribution in [3.63, 3.8) is 0 Å². The second kappa shape index (κ2) is 7.96. The quantitative estimate of drug-likeness (QED) is 0.530. The van der Waals surface area contributed by atoms with Crippen LogP contribution in [0.25, 0.3) is 33.3 Å². The van der Waals surface area contributed by atoms with Gasteiger partial charge in [-0.15, -0.1) is 0 Å². The smallest absolute Gasteiger partial charge is 0.292 e. The minimum atomic E-state index is 0.167. The van der Waals surface area contributed by atoms with Gasteiger partial charge in [-0.1, -0.05) is 19.1 Å². The molecule has 2 aromatic heterocycles. The zero-order valence-electron chi connectivity index (χ0n) is 17.4. The first kappa shape index (κ1) is 19.4. The summed E-state index contributed by atoms with van der Waals surface area (Å²) in [5.74, 6) is 1.16. The Morgan fingerprint density at radius 1 is 1.00 bits per heavy atom. The summed E-state index contributed by atoms with van der Waals surface area (Å²) in [5, 5.41) is 0. The second-order valence-corrected chi connectivity index (χ2v) is 7.82. The molecular weight excluding hydrogens is 392 g/mol. The van der Waals surface area contributed by atoms with Crippen molar-refractivity contribution in [3.8, 4) is 11.1 Å². The molecule has 1 saturated heterocycles. The molecule has 0 saturated carbocycles. The van der Waals surface area contributed by atoms with Crippen LogP contribution >= 0.6 is 0 Å². The van der Waals surface area contributed by atoms with Crippen molar-refractivity contribution in [3.05, 3.63) is 42.6 Å². The largest absolute Gasteiger partial charge is 0.424 e. The van der Waals surface area contributed by atoms with Gasteiger partial charge in [0.2, 0.25) is 0 Å². The minimum absolute atomic E-state index is 0.167. The van der Waals surface area contributed by atoms with Crippen LogP contribution in [0.15, 0.2) is 47.0 Å². The van der Waals surface area contributed by atoms with Gasteiger partial charge < -0.3 is 15.1 Å². The molecule has 5 rings (SSSR count). The first-order valence-electron chi connectivity index (χ1n) is 10.5. The molecular formula is C23H24N6O2. The number of rotatable bonds is 5. The van der Waals surface area contributed by atoms with E-state index < -0.39 is 0 Å². The molecule has 0 radical (unpaired) electrons. The lowest BCUT2D eigenvalue weighted by molar-refractivity contribution is -0.119. The Morgan fingerprint density at radius 2 is 1.74 bits per heavy atom. The molecule has 0 amide bonds. The van der Waals surface area contributed by atoms with Crippen LogP contribution in [0, 0.1) is 0 Å². The number of carbonyl (C=O) groups excluding carboxylic acids is 1. The molecule has 1 aliphatic heterocycles. The average molecular weight is 416 g/mol. The Hall–Kier alpha value is -3.52. The maximum atomic E-state index is 11.7. The van der Waals surface area contributed by atoms with Crippen molar-refractivity contribution in [1.82, 2.24) is 19.9 Å². The molecule has 2 N–H and O–H groups in total. The van der Waals surface area contributed by atoms with Gasteiger partial charge in [-0.3, -0.25) is 14.7 Å². The highest BCUT2D eigenvalue weighted by molar-refractivity contribution is 5.86. The lowest BCUT2D eigenvalue weighted by atomic mass is 10.0. The number of anilines is 2. The fraction of sp³-hybridized carbons (Fsp3) is 0.304. The van der Waals surface area contributed by atoms with Crippen molar-refractivity contribution >= 4 is 39.7 Å². The molecule has 8 nitrogen and oxygen atoms in total. The number of aromatic nitrogens is 3. The average Bonchev–Trinajstić information content (AvgIpc) is 3.18. The molecule has 0 spiro atoms. The number of hydrogen-bond donors (Lipinski definition) is 1. The van der Waals surface area contributed by atoms with Gasteiger partial charge in [-0.2, -0.15) is 4.98 Å². The number of nitrogen functional groups attached to an aromatic ring is 1. The van der Waals surface area contributed by atoms with Gasteiger partial charge in [0.1, 0.15) is 17.1 Å². The van der Waals surface area contributed by atoms with Gasteiger partial charge in [-0.25, -0.2) is 4.98 Å². The Morgan fingerprint density at radius 3 is 2.52 bits per heavy atom. The van der Waals surface area contributed by atoms with Crippen LogP contribution in [0.3, 0.4) is 0 Å². The van der Waals surface area contributed by atoms with E-state index in [1.54, 1.807) is 0 Å². The van der Waals surface area contributed by atoms with Crippen molar-refractivity contribution < 1.29 is 9.21 Å². The SMILES string of the molecule is CCC(=O)CN1CCN(c2cnc3ccc(-c4ccc5oc(N)nc5c4)cc3n2)CC1. The van der Waals surface area contributed by atoms with E-state index in [1.165, 1.54) is 0 Å². The highest BCUT2D eigenvalue weighted by atomic mass is 16.4. The van der Waals surface area contributed by atoms with Gasteiger partial charge in [-0.05, 0) is 35.4 Å². The minimum Gasteiger partial charge on any atom is -0.424 e. The van der Waals surface area contributed by atoms with Gasteiger partial charge in [0.15, 0.2) is 5.58 Å². The number of fused-ring (bicyclic) bond motifs is 2. The molecule has 1 aliphatic rings. The van der Waals surface area contributed by atoms with Crippen LogP contribution in [0.2, 0.25) is 0 Å². The number of hydrogen-bond acceptors (Lipinski definition) is 8. The lowest BCUT2D eigenvalue weighted by Gasteiger charge is -2.34. The second-order valence-electron chi connectivity index (χ2n) is 7.82. The number of nitrogens with zero attached hydrogens (tertiary/aromatic N) is 5. The predicted molar refractivity (Wildman–Crippen MR) is 121 cm³/mol. The van der Waals surface area contributed by atoms with Crippen LogP contribution < -0.4 is 10.6 Å². The van der Waals surface area contributed by atoms with Crippen molar-refractivity contribution in [2.45, 2.75) is 13.3 Å². The third kappa shape index (κ3) is 3.94. The summed E-state index contributed by atoms with van der Waals surface area (Å²) in [5.41, 5.74) is 10.8. The molecule has 0 unspecified atom stereocenters. The molecule has 3 heterocycles. The van der Waals surface area contributed by atoms with Gasteiger partial charge in [0, 0.05) is 32.6 Å². The van der Waals surface area contributed by atoms with E-state index in [0.717, 1.165) is 59.7 Å². The summed E-state index contributed by atoms with van der Waals surface area (Å²) in [7, 11) is 0. The fourth-order valence-electron chi connectivity index (χ4n) is 3.95. The monoisotopic (exact) mass is 416 g/mol. The topological polar surface area (TPSA) is 101 Å². The summed E-state index contributed by atoms with van der Waals surface area (Å²) in [6.45, 7) is 5.83. The van der Waals surface area contributed by atoms with Gasteiger partial charge in [0.05, 0.1) is 23.8 Å². The van der Waals surface area contributed by atoms with Crippen molar-refractivity contribution in [2.24, 2.45) is 0 Å². The Labute approximate surface area is 179 Å². The maximum absolute atomic E-state index is 11.7. The molecule has 0 atom stereocenters. The third-order valence-electron chi connectivity index (χ3n) is 5.76. The van der Waals surface area contributed by atoms with Crippen molar-refractivity contribution in [2.75, 3.05) is 43.4 Å². The number of benzene rings is 2. The fourth-order valence-corrected chi connectivity index (χ4v) is 3.95. The van der Waals surface area contributed by atoms with Crippen LogP contribution in [0.4, 0.5) is 11.8 Å². The molecule has 31 heavy (non-hydrogen) atoms. The van der Waals surface area contributed by atoms with Crippen LogP contribution in [0.1, 0.15) is 13.3 Å². The normalized spacial score (nSPS) is 15.1. The summed E-state index contributed by atoms with van der Waals surface area (Å²) >= 11 is 0. The Kier molecular flexibility index (Phi) is 4.99. The van der Waals surface area contributed by atoms with Gasteiger partial charge in [0.25, 0.3) is 6.01 Å². The number of Topliss-reactive ketones (excluding diaryl/α,β-unsaturated/α-hetero) is 1. The highest BCUT2D eigenvalue weighted by Gasteiger charge is 2.20. The molecule has 8 heteroatoms. The summed E-state index contributed by atoms with van der Waals surface area (Å²) < 4.78 is 5.36. The van der Waals surface area contributed by atoms with E-state index in [-0.39, 0.29) is 11.8 Å². The molecule has 158 valence electrons. The summed E-state index contributed by atoms with van der Waals surface area (Å²) in [6, 6.07) is 12.1.